The predicted molar refractivity (Wildman–Crippen MR) is 69.3 cm³/mol. The fourth-order valence-electron chi connectivity index (χ4n) is 2.05. The summed E-state index contributed by atoms with van der Waals surface area (Å²) in [5, 5.41) is 14.2. The molecule has 1 aliphatic carbocycles. The third-order valence-corrected chi connectivity index (χ3v) is 2.89. The molecule has 0 atom stereocenters. The lowest BCUT2D eigenvalue weighted by Crippen LogP contribution is -2.08. The molecule has 1 heterocycles. The van der Waals surface area contributed by atoms with Crippen molar-refractivity contribution < 1.29 is 4.92 Å². The summed E-state index contributed by atoms with van der Waals surface area (Å²) in [7, 11) is 0. The minimum absolute atomic E-state index is 0.000833. The molecular weight excluding hydrogens is 232 g/mol. The number of rotatable bonds is 5. The monoisotopic (exact) mass is 248 g/mol. The Kier molecular flexibility index (Phi) is 3.86. The number of nitrogens with zero attached hydrogens (tertiary/aromatic N) is 3. The molecule has 0 spiro atoms. The van der Waals surface area contributed by atoms with Gasteiger partial charge in [-0.3, -0.25) is 10.1 Å². The van der Waals surface area contributed by atoms with Crippen molar-refractivity contribution in [3.8, 4) is 0 Å². The molecule has 0 aromatic carbocycles. The van der Waals surface area contributed by atoms with Crippen molar-refractivity contribution >= 4 is 17.1 Å². The minimum atomic E-state index is -0.396. The summed E-state index contributed by atoms with van der Waals surface area (Å²) in [6.07, 6.45) is 7.16. The topological polar surface area (TPSA) is 81.0 Å². The van der Waals surface area contributed by atoms with Gasteiger partial charge < -0.3 is 5.32 Å². The van der Waals surface area contributed by atoms with E-state index in [9.17, 15) is 10.1 Å². The summed E-state index contributed by atoms with van der Waals surface area (Å²) >= 11 is 0. The van der Waals surface area contributed by atoms with Crippen LogP contribution >= 0.6 is 0 Å². The lowest BCUT2D eigenvalue weighted by molar-refractivity contribution is -0.384. The van der Waals surface area contributed by atoms with Crippen molar-refractivity contribution in [3.63, 3.8) is 0 Å². The van der Waals surface area contributed by atoms with E-state index < -0.39 is 4.92 Å². The molecule has 1 aromatic heterocycles. The number of anilines is 1. The van der Waals surface area contributed by atoms with E-state index in [1.165, 1.54) is 6.33 Å². The van der Waals surface area contributed by atoms with Crippen molar-refractivity contribution in [2.24, 2.45) is 0 Å². The van der Waals surface area contributed by atoms with E-state index in [-0.39, 0.29) is 5.69 Å². The molecule has 0 radical (unpaired) electrons. The van der Waals surface area contributed by atoms with Crippen LogP contribution in [0.2, 0.25) is 0 Å². The summed E-state index contributed by atoms with van der Waals surface area (Å²) in [4.78, 5) is 18.9. The number of nitro groups is 1. The van der Waals surface area contributed by atoms with Crippen LogP contribution in [0.4, 0.5) is 11.5 Å². The zero-order chi connectivity index (χ0) is 13.0. The van der Waals surface area contributed by atoms with Gasteiger partial charge in [-0.25, -0.2) is 9.97 Å². The number of aromatic nitrogens is 2. The maximum absolute atomic E-state index is 11.2. The van der Waals surface area contributed by atoms with Gasteiger partial charge in [0.05, 0.1) is 4.92 Å². The molecule has 0 saturated heterocycles. The lowest BCUT2D eigenvalue weighted by Gasteiger charge is -2.08. The highest BCUT2D eigenvalue weighted by Crippen LogP contribution is 2.35. The van der Waals surface area contributed by atoms with Crippen LogP contribution in [-0.2, 0) is 0 Å². The van der Waals surface area contributed by atoms with E-state index in [1.807, 2.05) is 13.0 Å². The highest BCUT2D eigenvalue weighted by Gasteiger charge is 2.25. The molecule has 0 amide bonds. The molecule has 1 aliphatic rings. The van der Waals surface area contributed by atoms with Crippen LogP contribution in [0.25, 0.3) is 5.57 Å². The molecule has 0 bridgehead atoms. The van der Waals surface area contributed by atoms with E-state index in [4.69, 9.17) is 0 Å². The van der Waals surface area contributed by atoms with E-state index in [0.29, 0.717) is 18.1 Å². The molecule has 0 unspecified atom stereocenters. The van der Waals surface area contributed by atoms with Crippen LogP contribution in [0.15, 0.2) is 12.4 Å². The Bertz CT molecular complexity index is 485. The fourth-order valence-corrected chi connectivity index (χ4v) is 2.05. The van der Waals surface area contributed by atoms with E-state index in [1.54, 1.807) is 0 Å². The number of hydrogen-bond acceptors (Lipinski definition) is 5. The third-order valence-electron chi connectivity index (χ3n) is 2.89. The minimum Gasteiger partial charge on any atom is -0.364 e. The average Bonchev–Trinajstić information content (AvgIpc) is 2.89. The van der Waals surface area contributed by atoms with Gasteiger partial charge in [-0.05, 0) is 31.3 Å². The number of allylic oxidation sites excluding steroid dienone is 2. The van der Waals surface area contributed by atoms with Crippen LogP contribution < -0.4 is 5.32 Å². The molecule has 18 heavy (non-hydrogen) atoms. The molecule has 0 aliphatic heterocycles. The molecule has 6 heteroatoms. The quantitative estimate of drug-likeness (QED) is 0.640. The molecule has 0 fully saturated rings. The van der Waals surface area contributed by atoms with Gasteiger partial charge in [-0.15, -0.1) is 0 Å². The molecular formula is C12H16N4O2. The Morgan fingerprint density at radius 1 is 1.50 bits per heavy atom. The SMILES string of the molecule is CCCNc1ncnc(C2=CCCC2)c1[N+](=O)[O-]. The molecule has 96 valence electrons. The smallest absolute Gasteiger partial charge is 0.337 e. The molecule has 1 N–H and O–H groups in total. The van der Waals surface area contributed by atoms with Gasteiger partial charge in [0.1, 0.15) is 12.0 Å². The first kappa shape index (κ1) is 12.5. The van der Waals surface area contributed by atoms with Crippen molar-refractivity contribution in [1.82, 2.24) is 9.97 Å². The summed E-state index contributed by atoms with van der Waals surface area (Å²) in [6, 6.07) is 0. The van der Waals surface area contributed by atoms with Crippen LogP contribution in [0, 0.1) is 10.1 Å². The number of nitrogens with one attached hydrogen (secondary N) is 1. The third kappa shape index (κ3) is 2.47. The first-order valence-corrected chi connectivity index (χ1v) is 6.16. The van der Waals surface area contributed by atoms with Gasteiger partial charge in [0.15, 0.2) is 0 Å². The van der Waals surface area contributed by atoms with Crippen molar-refractivity contribution in [2.75, 3.05) is 11.9 Å². The first-order valence-electron chi connectivity index (χ1n) is 6.16. The Hall–Kier alpha value is -1.98. The maximum atomic E-state index is 11.2. The maximum Gasteiger partial charge on any atom is 0.337 e. The Morgan fingerprint density at radius 3 is 2.94 bits per heavy atom. The van der Waals surface area contributed by atoms with Crippen LogP contribution in [0.1, 0.15) is 38.3 Å². The van der Waals surface area contributed by atoms with Crippen LogP contribution in [-0.4, -0.2) is 21.4 Å². The second-order valence-electron chi connectivity index (χ2n) is 4.22. The zero-order valence-electron chi connectivity index (χ0n) is 10.3. The summed E-state index contributed by atoms with van der Waals surface area (Å²) in [5.41, 5.74) is 1.42. The van der Waals surface area contributed by atoms with E-state index >= 15 is 0 Å². The van der Waals surface area contributed by atoms with Gasteiger partial charge >= 0.3 is 5.69 Å². The van der Waals surface area contributed by atoms with Crippen molar-refractivity contribution in [3.05, 3.63) is 28.2 Å². The van der Waals surface area contributed by atoms with E-state index in [2.05, 4.69) is 15.3 Å². The molecule has 2 rings (SSSR count). The van der Waals surface area contributed by atoms with Gasteiger partial charge in [0.2, 0.25) is 5.82 Å². The Morgan fingerprint density at radius 2 is 2.33 bits per heavy atom. The highest BCUT2D eigenvalue weighted by molar-refractivity contribution is 5.76. The second kappa shape index (κ2) is 5.57. The van der Waals surface area contributed by atoms with Gasteiger partial charge in [0, 0.05) is 6.54 Å². The summed E-state index contributed by atoms with van der Waals surface area (Å²) in [6.45, 7) is 2.66. The Labute approximate surface area is 105 Å². The van der Waals surface area contributed by atoms with Crippen molar-refractivity contribution in [1.29, 1.82) is 0 Å². The van der Waals surface area contributed by atoms with Gasteiger partial charge in [-0.2, -0.15) is 0 Å². The van der Waals surface area contributed by atoms with E-state index in [0.717, 1.165) is 31.3 Å². The molecule has 1 aromatic rings. The van der Waals surface area contributed by atoms with Gasteiger partial charge in [0.25, 0.3) is 0 Å². The second-order valence-corrected chi connectivity index (χ2v) is 4.22. The largest absolute Gasteiger partial charge is 0.364 e. The normalized spacial score (nSPS) is 14.4. The highest BCUT2D eigenvalue weighted by atomic mass is 16.6. The van der Waals surface area contributed by atoms with Crippen LogP contribution in [0.3, 0.4) is 0 Å². The predicted octanol–water partition coefficient (Wildman–Crippen LogP) is 2.77. The standard InChI is InChI=1S/C12H16N4O2/c1-2-7-13-12-11(16(17)18)10(14-8-15-12)9-5-3-4-6-9/h5,8H,2-4,6-7H2,1H3,(H,13,14,15). The van der Waals surface area contributed by atoms with Crippen LogP contribution in [0.5, 0.6) is 0 Å². The summed E-state index contributed by atoms with van der Waals surface area (Å²) < 4.78 is 0. The molecule has 6 nitrogen and oxygen atoms in total. The van der Waals surface area contributed by atoms with Crippen molar-refractivity contribution in [2.45, 2.75) is 32.6 Å². The average molecular weight is 248 g/mol. The zero-order valence-corrected chi connectivity index (χ0v) is 10.3. The lowest BCUT2D eigenvalue weighted by atomic mass is 10.1. The molecule has 0 saturated carbocycles. The fraction of sp³-hybridized carbons (Fsp3) is 0.500. The Balaban J connectivity index is 2.42. The van der Waals surface area contributed by atoms with Gasteiger partial charge in [-0.1, -0.05) is 13.0 Å². The number of hydrogen-bond donors (Lipinski definition) is 1. The first-order chi connectivity index (χ1) is 8.74. The summed E-state index contributed by atoms with van der Waals surface area (Å²) in [5.74, 6) is 0.319.